The van der Waals surface area contributed by atoms with Crippen LogP contribution in [0.1, 0.15) is 5.56 Å². The molecule has 0 fully saturated rings. The van der Waals surface area contributed by atoms with Gasteiger partial charge in [0, 0.05) is 6.08 Å². The highest BCUT2D eigenvalue weighted by molar-refractivity contribution is 5.97. The van der Waals surface area contributed by atoms with E-state index in [-0.39, 0.29) is 16.9 Å². The van der Waals surface area contributed by atoms with Crippen molar-refractivity contribution >= 4 is 23.0 Å². The molecule has 1 N–H and O–H groups in total. The van der Waals surface area contributed by atoms with Gasteiger partial charge in [0.05, 0.1) is 26.1 Å². The summed E-state index contributed by atoms with van der Waals surface area (Å²) in [6.07, 6.45) is 5.38. The number of aromatic nitrogens is 4. The van der Waals surface area contributed by atoms with Crippen LogP contribution in [0.25, 0.3) is 22.8 Å². The van der Waals surface area contributed by atoms with E-state index in [0.717, 1.165) is 4.68 Å². The maximum absolute atomic E-state index is 13.2. The average Bonchev–Trinajstić information content (AvgIpc) is 3.24. The number of rotatable bonds is 6. The molecule has 0 radical (unpaired) electrons. The third kappa shape index (κ3) is 4.06. The van der Waals surface area contributed by atoms with Crippen LogP contribution in [0.4, 0.5) is 4.39 Å². The van der Waals surface area contributed by atoms with E-state index in [1.54, 1.807) is 24.3 Å². The van der Waals surface area contributed by atoms with Gasteiger partial charge in [-0.2, -0.15) is 5.10 Å². The molecule has 2 aromatic heterocycles. The summed E-state index contributed by atoms with van der Waals surface area (Å²) in [5.74, 6) is 0.179. The van der Waals surface area contributed by atoms with Gasteiger partial charge in [-0.1, -0.05) is 6.07 Å². The molecular weight excluding hydrogens is 417 g/mol. The Kier molecular flexibility index (Phi) is 5.67. The van der Waals surface area contributed by atoms with Gasteiger partial charge in [0.25, 0.3) is 11.5 Å². The number of nitrogens with one attached hydrogen (secondary N) is 1. The van der Waals surface area contributed by atoms with E-state index in [1.807, 2.05) is 0 Å². The van der Waals surface area contributed by atoms with E-state index < -0.39 is 11.5 Å². The van der Waals surface area contributed by atoms with E-state index in [9.17, 15) is 14.0 Å². The Morgan fingerprint density at radius 1 is 1.09 bits per heavy atom. The topological polar surface area (TPSA) is 100 Å². The zero-order chi connectivity index (χ0) is 22.7. The van der Waals surface area contributed by atoms with Gasteiger partial charge >= 0.3 is 0 Å². The first kappa shape index (κ1) is 20.8. The molecule has 0 unspecified atom stereocenters. The van der Waals surface area contributed by atoms with Gasteiger partial charge in [0.1, 0.15) is 17.5 Å². The van der Waals surface area contributed by atoms with Crippen LogP contribution in [0.15, 0.2) is 65.9 Å². The first-order chi connectivity index (χ1) is 15.5. The van der Waals surface area contributed by atoms with Crippen molar-refractivity contribution in [1.82, 2.24) is 19.4 Å². The van der Waals surface area contributed by atoms with Crippen LogP contribution in [-0.4, -0.2) is 39.6 Å². The summed E-state index contributed by atoms with van der Waals surface area (Å²) in [5.41, 5.74) is 3.49. The smallest absolute Gasteiger partial charge is 0.283 e. The largest absolute Gasteiger partial charge is 0.493 e. The van der Waals surface area contributed by atoms with Crippen LogP contribution in [0.5, 0.6) is 11.5 Å². The molecule has 0 spiro atoms. The number of nitrogens with zero attached hydrogens (tertiary/aromatic N) is 4. The number of carbonyl (C=O) groups excluding carboxylic acids is 1. The second-order valence-electron chi connectivity index (χ2n) is 6.61. The Labute approximate surface area is 181 Å². The fourth-order valence-corrected chi connectivity index (χ4v) is 3.05. The van der Waals surface area contributed by atoms with Crippen molar-refractivity contribution in [2.24, 2.45) is 0 Å². The number of fused-ring (bicyclic) bond motifs is 1. The summed E-state index contributed by atoms with van der Waals surface area (Å²) in [6.45, 7) is 0. The van der Waals surface area contributed by atoms with Crippen LogP contribution < -0.4 is 20.5 Å². The highest BCUT2D eigenvalue weighted by Gasteiger charge is 2.12. The van der Waals surface area contributed by atoms with Gasteiger partial charge in [0.2, 0.25) is 0 Å². The van der Waals surface area contributed by atoms with Gasteiger partial charge < -0.3 is 9.47 Å². The van der Waals surface area contributed by atoms with E-state index in [2.05, 4.69) is 15.5 Å². The number of amides is 1. The van der Waals surface area contributed by atoms with Crippen LogP contribution in [0, 0.1) is 5.82 Å². The molecule has 0 saturated carbocycles. The van der Waals surface area contributed by atoms with E-state index in [0.29, 0.717) is 22.7 Å². The number of hydrogen-bond acceptors (Lipinski definition) is 6. The molecule has 2 heterocycles. The number of benzene rings is 2. The van der Waals surface area contributed by atoms with Crippen LogP contribution in [0.2, 0.25) is 0 Å². The highest BCUT2D eigenvalue weighted by atomic mass is 19.1. The SMILES string of the molecule is COc1ccc(/C=C/C(=O)Nn2cnc3c(cnn3-c3ccc(F)cc3)c2=O)cc1OC. The molecule has 0 aliphatic heterocycles. The monoisotopic (exact) mass is 435 g/mol. The summed E-state index contributed by atoms with van der Waals surface area (Å²) < 4.78 is 26.0. The van der Waals surface area contributed by atoms with Gasteiger partial charge in [-0.05, 0) is 48.0 Å². The van der Waals surface area contributed by atoms with Crippen molar-refractivity contribution in [2.75, 3.05) is 19.6 Å². The Bertz CT molecular complexity index is 1380. The molecule has 162 valence electrons. The van der Waals surface area contributed by atoms with Crippen LogP contribution in [-0.2, 0) is 4.79 Å². The summed E-state index contributed by atoms with van der Waals surface area (Å²) in [7, 11) is 3.05. The second kappa shape index (κ2) is 8.72. The lowest BCUT2D eigenvalue weighted by Gasteiger charge is -2.08. The van der Waals surface area contributed by atoms with Gasteiger partial charge in [-0.25, -0.2) is 18.7 Å². The minimum atomic E-state index is -0.533. The first-order valence-electron chi connectivity index (χ1n) is 9.42. The van der Waals surface area contributed by atoms with Crippen molar-refractivity contribution in [2.45, 2.75) is 0 Å². The Morgan fingerprint density at radius 2 is 1.84 bits per heavy atom. The molecule has 1 amide bonds. The number of methoxy groups -OCH3 is 2. The summed E-state index contributed by atoms with van der Waals surface area (Å²) in [6, 6.07) is 10.8. The third-order valence-electron chi connectivity index (χ3n) is 4.63. The van der Waals surface area contributed by atoms with Crippen LogP contribution in [0.3, 0.4) is 0 Å². The molecule has 0 aliphatic carbocycles. The minimum absolute atomic E-state index is 0.195. The van der Waals surface area contributed by atoms with Crippen molar-refractivity contribution < 1.29 is 18.7 Å². The maximum Gasteiger partial charge on any atom is 0.283 e. The number of hydrogen-bond donors (Lipinski definition) is 1. The molecule has 0 aliphatic rings. The number of carbonyl (C=O) groups is 1. The summed E-state index contributed by atoms with van der Waals surface area (Å²) in [4.78, 5) is 29.3. The van der Waals surface area contributed by atoms with Crippen LogP contribution >= 0.6 is 0 Å². The van der Waals surface area contributed by atoms with Gasteiger partial charge in [0.15, 0.2) is 17.1 Å². The van der Waals surface area contributed by atoms with Crippen molar-refractivity contribution in [3.8, 4) is 17.2 Å². The number of halogens is 1. The normalized spacial score (nSPS) is 11.1. The van der Waals surface area contributed by atoms with Crippen molar-refractivity contribution in [3.63, 3.8) is 0 Å². The van der Waals surface area contributed by atoms with Crippen molar-refractivity contribution in [1.29, 1.82) is 0 Å². The first-order valence-corrected chi connectivity index (χ1v) is 9.42. The quantitative estimate of drug-likeness (QED) is 0.467. The predicted molar refractivity (Wildman–Crippen MR) is 116 cm³/mol. The fraction of sp³-hybridized carbons (Fsp3) is 0.0909. The minimum Gasteiger partial charge on any atom is -0.493 e. The predicted octanol–water partition coefficient (Wildman–Crippen LogP) is 2.52. The van der Waals surface area contributed by atoms with E-state index in [1.165, 1.54) is 61.8 Å². The zero-order valence-corrected chi connectivity index (χ0v) is 17.2. The van der Waals surface area contributed by atoms with E-state index >= 15 is 0 Å². The number of ether oxygens (including phenoxy) is 2. The molecule has 10 heteroatoms. The maximum atomic E-state index is 13.2. The molecule has 9 nitrogen and oxygen atoms in total. The second-order valence-corrected chi connectivity index (χ2v) is 6.61. The Morgan fingerprint density at radius 3 is 2.56 bits per heavy atom. The zero-order valence-electron chi connectivity index (χ0n) is 17.2. The average molecular weight is 435 g/mol. The molecule has 2 aromatic carbocycles. The lowest BCUT2D eigenvalue weighted by atomic mass is 10.2. The molecule has 4 rings (SSSR count). The third-order valence-corrected chi connectivity index (χ3v) is 4.63. The molecule has 0 bridgehead atoms. The Balaban J connectivity index is 1.55. The molecule has 4 aromatic rings. The van der Waals surface area contributed by atoms with Gasteiger partial charge in [-0.3, -0.25) is 15.0 Å². The highest BCUT2D eigenvalue weighted by Crippen LogP contribution is 2.27. The Hall–Kier alpha value is -4.47. The molecule has 0 atom stereocenters. The molecule has 32 heavy (non-hydrogen) atoms. The lowest BCUT2D eigenvalue weighted by Crippen LogP contribution is -2.32. The molecular formula is C22H18FN5O4. The standard InChI is InChI=1S/C22H18FN5O4/c1-31-18-9-3-14(11-19(18)32-2)4-10-20(29)26-27-13-24-21-17(22(27)30)12-25-28(21)16-7-5-15(23)6-8-16/h3-13H,1-2H3,(H,26,29)/b10-4+. The van der Waals surface area contributed by atoms with Gasteiger partial charge in [-0.15, -0.1) is 0 Å². The lowest BCUT2D eigenvalue weighted by molar-refractivity contribution is -0.112. The van der Waals surface area contributed by atoms with Crippen molar-refractivity contribution in [3.05, 3.63) is 82.8 Å². The van der Waals surface area contributed by atoms with E-state index in [4.69, 9.17) is 9.47 Å². The fourth-order valence-electron chi connectivity index (χ4n) is 3.05. The summed E-state index contributed by atoms with van der Waals surface area (Å²) in [5, 5.41) is 4.35. The summed E-state index contributed by atoms with van der Waals surface area (Å²) >= 11 is 0. The molecule has 0 saturated heterocycles.